The van der Waals surface area contributed by atoms with Crippen molar-refractivity contribution in [3.05, 3.63) is 29.8 Å². The first-order chi connectivity index (χ1) is 11.2. The van der Waals surface area contributed by atoms with Crippen LogP contribution in [0.25, 0.3) is 0 Å². The normalized spacial score (nSPS) is 13.5. The van der Waals surface area contributed by atoms with Gasteiger partial charge in [-0.25, -0.2) is 8.42 Å². The highest BCUT2D eigenvalue weighted by Crippen LogP contribution is 2.12. The Hall–Kier alpha value is -1.76. The van der Waals surface area contributed by atoms with Crippen LogP contribution < -0.4 is 15.5 Å². The zero-order chi connectivity index (χ0) is 18.2. The van der Waals surface area contributed by atoms with Gasteiger partial charge in [0.25, 0.3) is 0 Å². The molecule has 1 atom stereocenters. The highest BCUT2D eigenvalue weighted by molar-refractivity contribution is 7.90. The molecule has 0 radical (unpaired) electrons. The fourth-order valence-corrected chi connectivity index (χ4v) is 2.96. The van der Waals surface area contributed by atoms with Crippen molar-refractivity contribution >= 4 is 21.5 Å². The number of hydrogen-bond donors (Lipinski definition) is 2. The molecule has 0 aliphatic heterocycles. The van der Waals surface area contributed by atoms with Crippen LogP contribution in [0.3, 0.4) is 0 Å². The Morgan fingerprint density at radius 2 is 1.88 bits per heavy atom. The molecule has 1 aromatic rings. The van der Waals surface area contributed by atoms with E-state index in [0.29, 0.717) is 12.4 Å². The Balaban J connectivity index is 2.38. The van der Waals surface area contributed by atoms with Gasteiger partial charge in [0, 0.05) is 45.7 Å². The molecule has 0 aliphatic carbocycles. The van der Waals surface area contributed by atoms with Gasteiger partial charge in [0.1, 0.15) is 9.84 Å². The topological polar surface area (TPSA) is 73.8 Å². The molecule has 1 rings (SSSR count). The summed E-state index contributed by atoms with van der Waals surface area (Å²) >= 11 is 0. The maximum atomic E-state index is 11.2. The number of sulfone groups is 1. The summed E-state index contributed by atoms with van der Waals surface area (Å²) in [6.45, 7) is 2.72. The summed E-state index contributed by atoms with van der Waals surface area (Å²) in [5.74, 6) is 0.872. The zero-order valence-corrected chi connectivity index (χ0v) is 16.2. The average molecular weight is 355 g/mol. The fourth-order valence-electron chi connectivity index (χ4n) is 2.18. The van der Waals surface area contributed by atoms with Crippen LogP contribution in [0.4, 0.5) is 5.69 Å². The Kier molecular flexibility index (Phi) is 8.04. The summed E-state index contributed by atoms with van der Waals surface area (Å²) < 4.78 is 22.4. The summed E-state index contributed by atoms with van der Waals surface area (Å²) in [6, 6.07) is 8.51. The second-order valence-corrected chi connectivity index (χ2v) is 8.53. The number of guanidine groups is 1. The summed E-state index contributed by atoms with van der Waals surface area (Å²) in [5, 5.41) is 6.48. The largest absolute Gasteiger partial charge is 0.378 e. The lowest BCUT2D eigenvalue weighted by molar-refractivity contribution is 0.581. The Bertz CT molecular complexity index is 624. The second kappa shape index (κ2) is 9.52. The quantitative estimate of drug-likeness (QED) is 0.543. The van der Waals surface area contributed by atoms with Crippen molar-refractivity contribution in [2.45, 2.75) is 25.8 Å². The van der Waals surface area contributed by atoms with E-state index in [9.17, 15) is 8.42 Å². The van der Waals surface area contributed by atoms with Crippen LogP contribution in [-0.4, -0.2) is 60.1 Å². The second-order valence-electron chi connectivity index (χ2n) is 6.27. The van der Waals surface area contributed by atoms with E-state index in [2.05, 4.69) is 44.8 Å². The third-order valence-electron chi connectivity index (χ3n) is 3.69. The molecule has 0 fully saturated rings. The third kappa shape index (κ3) is 8.19. The van der Waals surface area contributed by atoms with Gasteiger partial charge >= 0.3 is 0 Å². The summed E-state index contributed by atoms with van der Waals surface area (Å²) in [4.78, 5) is 6.25. The van der Waals surface area contributed by atoms with Crippen molar-refractivity contribution in [2.24, 2.45) is 4.99 Å². The van der Waals surface area contributed by atoms with Gasteiger partial charge in [-0.15, -0.1) is 0 Å². The van der Waals surface area contributed by atoms with E-state index in [1.807, 2.05) is 21.0 Å². The van der Waals surface area contributed by atoms with Crippen molar-refractivity contribution < 1.29 is 8.42 Å². The number of nitrogens with one attached hydrogen (secondary N) is 2. The Morgan fingerprint density at radius 1 is 1.25 bits per heavy atom. The van der Waals surface area contributed by atoms with Crippen LogP contribution in [0.5, 0.6) is 0 Å². The molecule has 0 saturated carbocycles. The first-order valence-electron chi connectivity index (χ1n) is 8.12. The predicted molar refractivity (Wildman–Crippen MR) is 103 cm³/mol. The minimum Gasteiger partial charge on any atom is -0.378 e. The SMILES string of the molecule is CN=C(NCCc1ccc(N(C)C)cc1)NC(C)CCS(C)(=O)=O. The van der Waals surface area contributed by atoms with E-state index >= 15 is 0 Å². The zero-order valence-electron chi connectivity index (χ0n) is 15.3. The van der Waals surface area contributed by atoms with Gasteiger partial charge in [0.05, 0.1) is 5.75 Å². The van der Waals surface area contributed by atoms with Crippen molar-refractivity contribution in [2.75, 3.05) is 44.6 Å². The highest BCUT2D eigenvalue weighted by atomic mass is 32.2. The number of benzene rings is 1. The van der Waals surface area contributed by atoms with Crippen LogP contribution in [0.15, 0.2) is 29.3 Å². The molecule has 136 valence electrons. The van der Waals surface area contributed by atoms with Crippen LogP contribution >= 0.6 is 0 Å². The Labute approximate surface area is 146 Å². The number of hydrogen-bond acceptors (Lipinski definition) is 4. The smallest absolute Gasteiger partial charge is 0.191 e. The molecule has 1 unspecified atom stereocenters. The van der Waals surface area contributed by atoms with Gasteiger partial charge in [-0.2, -0.15) is 0 Å². The highest BCUT2D eigenvalue weighted by Gasteiger charge is 2.09. The van der Waals surface area contributed by atoms with E-state index in [1.165, 1.54) is 17.5 Å². The molecule has 0 heterocycles. The number of anilines is 1. The standard InChI is InChI=1S/C17H30N4O2S/c1-14(11-13-24(5,22)23)20-17(18-2)19-12-10-15-6-8-16(9-7-15)21(3)4/h6-9,14H,10-13H2,1-5H3,(H2,18,19,20). The van der Waals surface area contributed by atoms with Crippen LogP contribution in [0, 0.1) is 0 Å². The van der Waals surface area contributed by atoms with Gasteiger partial charge in [-0.05, 0) is 37.5 Å². The molecule has 2 N–H and O–H groups in total. The van der Waals surface area contributed by atoms with Gasteiger partial charge < -0.3 is 15.5 Å². The average Bonchev–Trinajstić information content (AvgIpc) is 2.51. The molecular weight excluding hydrogens is 324 g/mol. The number of nitrogens with zero attached hydrogens (tertiary/aromatic N) is 2. The van der Waals surface area contributed by atoms with Crippen molar-refractivity contribution in [3.63, 3.8) is 0 Å². The molecule has 24 heavy (non-hydrogen) atoms. The molecule has 0 amide bonds. The van der Waals surface area contributed by atoms with Crippen molar-refractivity contribution in [1.82, 2.24) is 10.6 Å². The fraction of sp³-hybridized carbons (Fsp3) is 0.588. The van der Waals surface area contributed by atoms with Crippen LogP contribution in [0.1, 0.15) is 18.9 Å². The number of aliphatic imine (C=N–C) groups is 1. The molecule has 0 saturated heterocycles. The maximum absolute atomic E-state index is 11.2. The van der Waals surface area contributed by atoms with E-state index in [0.717, 1.165) is 13.0 Å². The van der Waals surface area contributed by atoms with E-state index < -0.39 is 9.84 Å². The molecule has 7 heteroatoms. The summed E-state index contributed by atoms with van der Waals surface area (Å²) in [6.07, 6.45) is 2.71. The van der Waals surface area contributed by atoms with Crippen LogP contribution in [0.2, 0.25) is 0 Å². The molecule has 1 aromatic carbocycles. The van der Waals surface area contributed by atoms with Gasteiger partial charge in [-0.3, -0.25) is 4.99 Å². The lowest BCUT2D eigenvalue weighted by Gasteiger charge is -2.18. The van der Waals surface area contributed by atoms with E-state index in [4.69, 9.17) is 0 Å². The van der Waals surface area contributed by atoms with Gasteiger partial charge in [-0.1, -0.05) is 12.1 Å². The summed E-state index contributed by atoms with van der Waals surface area (Å²) in [5.41, 5.74) is 2.44. The predicted octanol–water partition coefficient (Wildman–Crippen LogP) is 1.28. The van der Waals surface area contributed by atoms with Crippen molar-refractivity contribution in [3.8, 4) is 0 Å². The van der Waals surface area contributed by atoms with Crippen LogP contribution in [-0.2, 0) is 16.3 Å². The Morgan fingerprint density at radius 3 is 2.38 bits per heavy atom. The summed E-state index contributed by atoms with van der Waals surface area (Å²) in [7, 11) is 2.83. The van der Waals surface area contributed by atoms with Gasteiger partial charge in [0.2, 0.25) is 0 Å². The van der Waals surface area contributed by atoms with E-state index in [-0.39, 0.29) is 11.8 Å². The molecule has 6 nitrogen and oxygen atoms in total. The van der Waals surface area contributed by atoms with E-state index in [1.54, 1.807) is 7.05 Å². The minimum absolute atomic E-state index is 0.0466. The first-order valence-corrected chi connectivity index (χ1v) is 10.2. The number of rotatable bonds is 8. The molecule has 0 aromatic heterocycles. The molecule has 0 spiro atoms. The minimum atomic E-state index is -2.93. The van der Waals surface area contributed by atoms with Gasteiger partial charge in [0.15, 0.2) is 5.96 Å². The maximum Gasteiger partial charge on any atom is 0.191 e. The molecule has 0 bridgehead atoms. The third-order valence-corrected chi connectivity index (χ3v) is 4.66. The first kappa shape index (κ1) is 20.3. The lowest BCUT2D eigenvalue weighted by Crippen LogP contribution is -2.43. The molecule has 0 aliphatic rings. The van der Waals surface area contributed by atoms with Crippen molar-refractivity contribution in [1.29, 1.82) is 0 Å². The monoisotopic (exact) mass is 354 g/mol. The lowest BCUT2D eigenvalue weighted by atomic mass is 10.1. The molecular formula is C17H30N4O2S.